The fourth-order valence-electron chi connectivity index (χ4n) is 3.00. The van der Waals surface area contributed by atoms with Crippen LogP contribution in [0.25, 0.3) is 0 Å². The van der Waals surface area contributed by atoms with Gasteiger partial charge in [-0.1, -0.05) is 60.1 Å². The Labute approximate surface area is 177 Å². The Hall–Kier alpha value is -2.78. The molecule has 3 rings (SSSR count). The molecule has 0 aromatic heterocycles. The normalized spacial score (nSPS) is 11.2. The average Bonchev–Trinajstić information content (AvgIpc) is 2.68. The van der Waals surface area contributed by atoms with E-state index in [1.807, 2.05) is 81.4 Å². The highest BCUT2D eigenvalue weighted by molar-refractivity contribution is 6.33. The van der Waals surface area contributed by atoms with Gasteiger partial charge in [0, 0.05) is 0 Å². The van der Waals surface area contributed by atoms with Crippen molar-refractivity contribution >= 4 is 28.9 Å². The minimum Gasteiger partial charge on any atom is -0.456 e. The van der Waals surface area contributed by atoms with Crippen LogP contribution in [0, 0.1) is 0 Å². The zero-order valence-corrected chi connectivity index (χ0v) is 17.8. The van der Waals surface area contributed by atoms with Crippen LogP contribution < -0.4 is 5.32 Å². The predicted molar refractivity (Wildman–Crippen MR) is 120 cm³/mol. The minimum atomic E-state index is -0.565. The summed E-state index contributed by atoms with van der Waals surface area (Å²) in [6.07, 6.45) is 1.80. The SMILES string of the molecule is CC(C)(C)OC(=O)c1ccc(CCc2ccccc2)cc1Nc1ccccc1Cl. The Morgan fingerprint density at radius 2 is 1.52 bits per heavy atom. The second-order valence-corrected chi connectivity index (χ2v) is 8.38. The van der Waals surface area contributed by atoms with Crippen LogP contribution in [0.1, 0.15) is 42.3 Å². The number of carbonyl (C=O) groups excluding carboxylic acids is 1. The Morgan fingerprint density at radius 3 is 2.21 bits per heavy atom. The lowest BCUT2D eigenvalue weighted by Gasteiger charge is -2.21. The van der Waals surface area contributed by atoms with Gasteiger partial charge >= 0.3 is 5.97 Å². The zero-order valence-electron chi connectivity index (χ0n) is 17.0. The molecule has 0 saturated carbocycles. The lowest BCUT2D eigenvalue weighted by molar-refractivity contribution is 0.00707. The van der Waals surface area contributed by atoms with Crippen LogP contribution in [-0.2, 0) is 17.6 Å². The summed E-state index contributed by atoms with van der Waals surface area (Å²) < 4.78 is 5.59. The molecule has 0 spiro atoms. The summed E-state index contributed by atoms with van der Waals surface area (Å²) in [5.41, 5.74) is 3.78. The maximum absolute atomic E-state index is 12.8. The van der Waals surface area contributed by atoms with Crippen molar-refractivity contribution in [3.8, 4) is 0 Å². The number of carbonyl (C=O) groups is 1. The third kappa shape index (κ3) is 6.10. The third-order valence-corrected chi connectivity index (χ3v) is 4.72. The molecule has 3 aromatic rings. The van der Waals surface area contributed by atoms with E-state index < -0.39 is 5.60 Å². The van der Waals surface area contributed by atoms with E-state index in [0.717, 1.165) is 24.1 Å². The Kier molecular flexibility index (Phi) is 6.60. The summed E-state index contributed by atoms with van der Waals surface area (Å²) in [5, 5.41) is 3.91. The van der Waals surface area contributed by atoms with Gasteiger partial charge in [0.25, 0.3) is 0 Å². The number of nitrogens with one attached hydrogen (secondary N) is 1. The maximum atomic E-state index is 12.8. The fraction of sp³-hybridized carbons (Fsp3) is 0.240. The van der Waals surface area contributed by atoms with Crippen LogP contribution in [-0.4, -0.2) is 11.6 Å². The lowest BCUT2D eigenvalue weighted by Crippen LogP contribution is -2.24. The average molecular weight is 408 g/mol. The monoisotopic (exact) mass is 407 g/mol. The van der Waals surface area contributed by atoms with E-state index >= 15 is 0 Å². The summed E-state index contributed by atoms with van der Waals surface area (Å²) in [5.74, 6) is -0.360. The van der Waals surface area contributed by atoms with Crippen LogP contribution in [0.15, 0.2) is 72.8 Å². The van der Waals surface area contributed by atoms with Crippen molar-refractivity contribution in [2.45, 2.75) is 39.2 Å². The van der Waals surface area contributed by atoms with E-state index in [2.05, 4.69) is 17.4 Å². The summed E-state index contributed by atoms with van der Waals surface area (Å²) in [6.45, 7) is 5.58. The first kappa shape index (κ1) is 20.9. The van der Waals surface area contributed by atoms with Crippen molar-refractivity contribution in [2.75, 3.05) is 5.32 Å². The van der Waals surface area contributed by atoms with Gasteiger partial charge in [-0.05, 0) is 69.0 Å². The molecule has 150 valence electrons. The summed E-state index contributed by atoms with van der Waals surface area (Å²) in [4.78, 5) is 12.8. The van der Waals surface area contributed by atoms with Gasteiger partial charge in [-0.25, -0.2) is 4.79 Å². The molecule has 0 aliphatic heterocycles. The minimum absolute atomic E-state index is 0.360. The number of rotatable bonds is 6. The summed E-state index contributed by atoms with van der Waals surface area (Å²) >= 11 is 6.31. The summed E-state index contributed by atoms with van der Waals surface area (Å²) in [7, 11) is 0. The van der Waals surface area contributed by atoms with Crippen LogP contribution in [0.3, 0.4) is 0 Å². The molecule has 1 N–H and O–H groups in total. The standard InChI is InChI=1S/C25H26ClNO2/c1-25(2,3)29-24(28)20-16-15-19(14-13-18-9-5-4-6-10-18)17-23(20)27-22-12-8-7-11-21(22)26/h4-12,15-17,27H,13-14H2,1-3H3. The number of benzene rings is 3. The van der Waals surface area contributed by atoms with Crippen molar-refractivity contribution in [3.63, 3.8) is 0 Å². The zero-order chi connectivity index (χ0) is 20.9. The highest BCUT2D eigenvalue weighted by atomic mass is 35.5. The highest BCUT2D eigenvalue weighted by Gasteiger charge is 2.21. The van der Waals surface area contributed by atoms with Crippen molar-refractivity contribution in [1.82, 2.24) is 0 Å². The van der Waals surface area contributed by atoms with Gasteiger partial charge in [-0.3, -0.25) is 0 Å². The van der Waals surface area contributed by atoms with Crippen molar-refractivity contribution < 1.29 is 9.53 Å². The van der Waals surface area contributed by atoms with Gasteiger partial charge < -0.3 is 10.1 Å². The predicted octanol–water partition coefficient (Wildman–Crippen LogP) is 6.82. The molecule has 4 heteroatoms. The first-order valence-corrected chi connectivity index (χ1v) is 10.1. The maximum Gasteiger partial charge on any atom is 0.340 e. The van der Waals surface area contributed by atoms with Gasteiger partial charge in [0.05, 0.1) is 22.0 Å². The number of ether oxygens (including phenoxy) is 1. The Morgan fingerprint density at radius 1 is 0.862 bits per heavy atom. The molecule has 0 aliphatic rings. The van der Waals surface area contributed by atoms with Gasteiger partial charge in [0.1, 0.15) is 5.60 Å². The van der Waals surface area contributed by atoms with Crippen LogP contribution in [0.5, 0.6) is 0 Å². The van der Waals surface area contributed by atoms with E-state index in [0.29, 0.717) is 16.3 Å². The third-order valence-electron chi connectivity index (χ3n) is 4.39. The molecule has 0 aliphatic carbocycles. The molecular formula is C25H26ClNO2. The smallest absolute Gasteiger partial charge is 0.340 e. The number of hydrogen-bond donors (Lipinski definition) is 1. The molecule has 0 heterocycles. The summed E-state index contributed by atoms with van der Waals surface area (Å²) in [6, 6.07) is 23.7. The molecule has 0 saturated heterocycles. The number of anilines is 2. The van der Waals surface area contributed by atoms with E-state index in [9.17, 15) is 4.79 Å². The van der Waals surface area contributed by atoms with Gasteiger partial charge in [0.15, 0.2) is 0 Å². The first-order valence-electron chi connectivity index (χ1n) is 9.73. The Bertz CT molecular complexity index is 978. The first-order chi connectivity index (χ1) is 13.8. The number of halogens is 1. The molecular weight excluding hydrogens is 382 g/mol. The van der Waals surface area contributed by atoms with Crippen LogP contribution >= 0.6 is 11.6 Å². The second kappa shape index (κ2) is 9.15. The lowest BCUT2D eigenvalue weighted by atomic mass is 10.0. The molecule has 0 bridgehead atoms. The van der Waals surface area contributed by atoms with Gasteiger partial charge in [-0.15, -0.1) is 0 Å². The quantitative estimate of drug-likeness (QED) is 0.455. The fourth-order valence-corrected chi connectivity index (χ4v) is 3.19. The molecule has 3 aromatic carbocycles. The largest absolute Gasteiger partial charge is 0.456 e. The Balaban J connectivity index is 1.89. The van der Waals surface area contributed by atoms with E-state index in [1.165, 1.54) is 5.56 Å². The number of aryl methyl sites for hydroxylation is 2. The van der Waals surface area contributed by atoms with Gasteiger partial charge in [0.2, 0.25) is 0 Å². The molecule has 0 atom stereocenters. The van der Waals surface area contributed by atoms with Crippen LogP contribution in [0.4, 0.5) is 11.4 Å². The van der Waals surface area contributed by atoms with Crippen molar-refractivity contribution in [3.05, 3.63) is 94.5 Å². The van der Waals surface area contributed by atoms with E-state index in [4.69, 9.17) is 16.3 Å². The molecule has 0 amide bonds. The highest BCUT2D eigenvalue weighted by Crippen LogP contribution is 2.29. The topological polar surface area (TPSA) is 38.3 Å². The molecule has 3 nitrogen and oxygen atoms in total. The molecule has 29 heavy (non-hydrogen) atoms. The number of para-hydroxylation sites is 1. The van der Waals surface area contributed by atoms with Gasteiger partial charge in [-0.2, -0.15) is 0 Å². The van der Waals surface area contributed by atoms with E-state index in [1.54, 1.807) is 0 Å². The van der Waals surface area contributed by atoms with Crippen molar-refractivity contribution in [1.29, 1.82) is 0 Å². The van der Waals surface area contributed by atoms with Crippen molar-refractivity contribution in [2.24, 2.45) is 0 Å². The number of esters is 1. The molecule has 0 fully saturated rings. The van der Waals surface area contributed by atoms with Crippen LogP contribution in [0.2, 0.25) is 5.02 Å². The second-order valence-electron chi connectivity index (χ2n) is 7.97. The molecule has 0 radical (unpaired) electrons. The van der Waals surface area contributed by atoms with E-state index in [-0.39, 0.29) is 5.97 Å². The number of hydrogen-bond acceptors (Lipinski definition) is 3. The molecule has 0 unspecified atom stereocenters.